The zero-order valence-electron chi connectivity index (χ0n) is 23.3. The number of halogens is 4. The van der Waals surface area contributed by atoms with Crippen LogP contribution in [0.5, 0.6) is 0 Å². The number of hydrogen-bond acceptors (Lipinski definition) is 6. The van der Waals surface area contributed by atoms with Gasteiger partial charge in [0.15, 0.2) is 0 Å². The SMILES string of the molecule is CCN(CC)CCN(C)Cc1cccc(C(=O)Nc2c(C)csc2C(=O)N/N=C/c2ccc(Cl)c(C(F)(F)F)c2)c1. The summed E-state index contributed by atoms with van der Waals surface area (Å²) in [6.45, 7) is 10.6. The van der Waals surface area contributed by atoms with Crippen LogP contribution in [0, 0.1) is 6.92 Å². The van der Waals surface area contributed by atoms with Gasteiger partial charge in [-0.2, -0.15) is 18.3 Å². The molecule has 0 saturated carbocycles. The molecule has 12 heteroatoms. The van der Waals surface area contributed by atoms with Crippen molar-refractivity contribution in [1.29, 1.82) is 0 Å². The summed E-state index contributed by atoms with van der Waals surface area (Å²) in [7, 11) is 2.04. The summed E-state index contributed by atoms with van der Waals surface area (Å²) >= 11 is 6.76. The third-order valence-corrected chi connectivity index (χ3v) is 7.86. The van der Waals surface area contributed by atoms with Crippen LogP contribution in [0.3, 0.4) is 0 Å². The highest BCUT2D eigenvalue weighted by Gasteiger charge is 2.33. The van der Waals surface area contributed by atoms with Gasteiger partial charge in [0.1, 0.15) is 4.88 Å². The third kappa shape index (κ3) is 9.12. The van der Waals surface area contributed by atoms with Crippen LogP contribution < -0.4 is 10.7 Å². The molecule has 0 aliphatic rings. The minimum absolute atomic E-state index is 0.108. The van der Waals surface area contributed by atoms with E-state index in [-0.39, 0.29) is 16.3 Å². The summed E-state index contributed by atoms with van der Waals surface area (Å²) in [6, 6.07) is 10.6. The lowest BCUT2D eigenvalue weighted by atomic mass is 10.1. The summed E-state index contributed by atoms with van der Waals surface area (Å²) in [5, 5.41) is 7.91. The highest BCUT2D eigenvalue weighted by molar-refractivity contribution is 7.13. The van der Waals surface area contributed by atoms with E-state index >= 15 is 0 Å². The molecule has 2 N–H and O–H groups in total. The number of alkyl halides is 3. The number of rotatable bonds is 12. The number of anilines is 1. The van der Waals surface area contributed by atoms with Crippen molar-refractivity contribution >= 4 is 46.7 Å². The molecule has 0 fully saturated rings. The van der Waals surface area contributed by atoms with Crippen molar-refractivity contribution in [2.24, 2.45) is 5.10 Å². The summed E-state index contributed by atoms with van der Waals surface area (Å²) in [5.74, 6) is -0.972. The van der Waals surface area contributed by atoms with Crippen LogP contribution >= 0.6 is 22.9 Å². The van der Waals surface area contributed by atoms with E-state index < -0.39 is 22.7 Å². The Morgan fingerprint density at radius 3 is 2.49 bits per heavy atom. The predicted octanol–water partition coefficient (Wildman–Crippen LogP) is 6.52. The van der Waals surface area contributed by atoms with Crippen molar-refractivity contribution in [1.82, 2.24) is 15.2 Å². The van der Waals surface area contributed by atoms with Crippen molar-refractivity contribution < 1.29 is 22.8 Å². The summed E-state index contributed by atoms with van der Waals surface area (Å²) in [5.41, 5.74) is 3.91. The van der Waals surface area contributed by atoms with Gasteiger partial charge in [0, 0.05) is 25.2 Å². The van der Waals surface area contributed by atoms with Crippen LogP contribution in [0.15, 0.2) is 52.9 Å². The number of nitrogens with zero attached hydrogens (tertiary/aromatic N) is 3. The molecule has 41 heavy (non-hydrogen) atoms. The van der Waals surface area contributed by atoms with Crippen molar-refractivity contribution in [3.05, 3.63) is 85.6 Å². The molecule has 0 radical (unpaired) electrons. The number of thiophene rings is 1. The number of amides is 2. The molecular weight excluding hydrogens is 575 g/mol. The largest absolute Gasteiger partial charge is 0.417 e. The van der Waals surface area contributed by atoms with Gasteiger partial charge < -0.3 is 15.1 Å². The van der Waals surface area contributed by atoms with Gasteiger partial charge in [-0.05, 0) is 73.4 Å². The molecule has 3 rings (SSSR count). The number of carbonyl (C=O) groups is 2. The normalized spacial score (nSPS) is 12.0. The Morgan fingerprint density at radius 2 is 1.80 bits per heavy atom. The average Bonchev–Trinajstić information content (AvgIpc) is 3.29. The van der Waals surface area contributed by atoms with E-state index in [4.69, 9.17) is 11.6 Å². The van der Waals surface area contributed by atoms with Gasteiger partial charge in [-0.25, -0.2) is 5.43 Å². The Morgan fingerprint density at radius 1 is 1.07 bits per heavy atom. The van der Waals surface area contributed by atoms with E-state index in [1.165, 1.54) is 6.07 Å². The predicted molar refractivity (Wildman–Crippen MR) is 159 cm³/mol. The maximum absolute atomic E-state index is 13.1. The molecule has 0 bridgehead atoms. The molecule has 0 spiro atoms. The maximum Gasteiger partial charge on any atom is 0.417 e. The molecular formula is C29H33ClF3N5O2S. The monoisotopic (exact) mass is 607 g/mol. The van der Waals surface area contributed by atoms with E-state index in [0.717, 1.165) is 61.4 Å². The zero-order chi connectivity index (χ0) is 30.2. The zero-order valence-corrected chi connectivity index (χ0v) is 24.9. The van der Waals surface area contributed by atoms with Crippen LogP contribution in [0.2, 0.25) is 5.02 Å². The van der Waals surface area contributed by atoms with E-state index in [2.05, 4.69) is 39.5 Å². The topological polar surface area (TPSA) is 77.0 Å². The fraction of sp³-hybridized carbons (Fsp3) is 0.345. The molecule has 220 valence electrons. The molecule has 0 saturated heterocycles. The first-order valence-corrected chi connectivity index (χ1v) is 14.3. The number of likely N-dealkylation sites (N-methyl/N-ethyl adjacent to an activating group) is 2. The summed E-state index contributed by atoms with van der Waals surface area (Å²) in [4.78, 5) is 30.7. The quantitative estimate of drug-likeness (QED) is 0.182. The number of hydrogen-bond donors (Lipinski definition) is 2. The molecule has 2 aromatic carbocycles. The fourth-order valence-corrected chi connectivity index (χ4v) is 5.18. The average molecular weight is 608 g/mol. The molecule has 0 atom stereocenters. The third-order valence-electron chi connectivity index (χ3n) is 6.43. The second kappa shape index (κ2) is 14.6. The van der Waals surface area contributed by atoms with Crippen LogP contribution in [0.25, 0.3) is 0 Å². The Hall–Kier alpha value is -3.25. The van der Waals surface area contributed by atoms with Gasteiger partial charge in [-0.3, -0.25) is 9.59 Å². The smallest absolute Gasteiger partial charge is 0.320 e. The summed E-state index contributed by atoms with van der Waals surface area (Å²) in [6.07, 6.45) is -3.53. The lowest BCUT2D eigenvalue weighted by Crippen LogP contribution is -2.32. The van der Waals surface area contributed by atoms with Crippen LogP contribution in [0.4, 0.5) is 18.9 Å². The molecule has 0 unspecified atom stereocenters. The maximum atomic E-state index is 13.1. The van der Waals surface area contributed by atoms with Crippen LogP contribution in [0.1, 0.15) is 56.1 Å². The fourth-order valence-electron chi connectivity index (χ4n) is 4.06. The first-order valence-electron chi connectivity index (χ1n) is 13.0. The standard InChI is InChI=1S/C29H33ClF3N5O2S/c1-5-38(6-2)13-12-37(4)17-21-8-7-9-22(14-21)27(39)35-25-19(3)18-41-26(25)28(40)36-34-16-20-10-11-24(30)23(15-20)29(31,32)33/h7-11,14-16,18H,5-6,12-13,17H2,1-4H3,(H,35,39)(H,36,40)/b34-16+. The van der Waals surface area contributed by atoms with Crippen LogP contribution in [-0.4, -0.2) is 61.1 Å². The van der Waals surface area contributed by atoms with Gasteiger partial charge in [-0.15, -0.1) is 11.3 Å². The highest BCUT2D eigenvalue weighted by atomic mass is 35.5. The van der Waals surface area contributed by atoms with Crippen molar-refractivity contribution in [3.8, 4) is 0 Å². The highest BCUT2D eigenvalue weighted by Crippen LogP contribution is 2.35. The minimum atomic E-state index is -4.62. The second-order valence-electron chi connectivity index (χ2n) is 9.48. The molecule has 2 amide bonds. The van der Waals surface area contributed by atoms with Gasteiger partial charge in [0.25, 0.3) is 11.8 Å². The first-order chi connectivity index (χ1) is 19.4. The van der Waals surface area contributed by atoms with Crippen molar-refractivity contribution in [2.45, 2.75) is 33.5 Å². The molecule has 7 nitrogen and oxygen atoms in total. The van der Waals surface area contributed by atoms with E-state index in [1.807, 2.05) is 25.2 Å². The second-order valence-corrected chi connectivity index (χ2v) is 10.8. The molecule has 1 aromatic heterocycles. The number of nitrogens with one attached hydrogen (secondary N) is 2. The number of hydrazone groups is 1. The first kappa shape index (κ1) is 32.3. The molecule has 0 aliphatic heterocycles. The number of benzene rings is 2. The molecule has 1 heterocycles. The van der Waals surface area contributed by atoms with Gasteiger partial charge in [-0.1, -0.05) is 43.6 Å². The Kier molecular flexibility index (Phi) is 11.5. The Bertz CT molecular complexity index is 1390. The van der Waals surface area contributed by atoms with E-state index in [0.29, 0.717) is 23.4 Å². The Balaban J connectivity index is 1.66. The van der Waals surface area contributed by atoms with Crippen molar-refractivity contribution in [3.63, 3.8) is 0 Å². The minimum Gasteiger partial charge on any atom is -0.320 e. The van der Waals surface area contributed by atoms with Gasteiger partial charge in [0.05, 0.1) is 22.5 Å². The lowest BCUT2D eigenvalue weighted by Gasteiger charge is -2.23. The van der Waals surface area contributed by atoms with Crippen molar-refractivity contribution in [2.75, 3.05) is 38.5 Å². The molecule has 3 aromatic rings. The van der Waals surface area contributed by atoms with E-state index in [9.17, 15) is 22.8 Å². The Labute approximate surface area is 247 Å². The number of carbonyl (C=O) groups excluding carboxylic acids is 2. The number of aryl methyl sites for hydroxylation is 1. The van der Waals surface area contributed by atoms with Gasteiger partial charge >= 0.3 is 6.18 Å². The molecule has 0 aliphatic carbocycles. The van der Waals surface area contributed by atoms with E-state index in [1.54, 1.807) is 18.4 Å². The van der Waals surface area contributed by atoms with Crippen LogP contribution in [-0.2, 0) is 12.7 Å². The summed E-state index contributed by atoms with van der Waals surface area (Å²) < 4.78 is 39.3. The lowest BCUT2D eigenvalue weighted by molar-refractivity contribution is -0.137. The van der Waals surface area contributed by atoms with Gasteiger partial charge in [0.2, 0.25) is 0 Å².